The Morgan fingerprint density at radius 1 is 1.24 bits per heavy atom. The zero-order chi connectivity index (χ0) is 15.1. The van der Waals surface area contributed by atoms with Gasteiger partial charge in [0.15, 0.2) is 0 Å². The fourth-order valence-electron chi connectivity index (χ4n) is 2.34. The van der Waals surface area contributed by atoms with Crippen molar-refractivity contribution in [3.63, 3.8) is 0 Å². The average molecular weight is 287 g/mol. The summed E-state index contributed by atoms with van der Waals surface area (Å²) in [5.74, 6) is 0.913. The second kappa shape index (κ2) is 7.84. The van der Waals surface area contributed by atoms with Gasteiger partial charge < -0.3 is 10.1 Å². The number of nitrogens with zero attached hydrogens (tertiary/aromatic N) is 2. The molecule has 21 heavy (non-hydrogen) atoms. The van der Waals surface area contributed by atoms with E-state index in [-0.39, 0.29) is 6.04 Å². The highest BCUT2D eigenvalue weighted by atomic mass is 16.5. The Bertz CT molecular complexity index is 536. The molecule has 0 fully saturated rings. The van der Waals surface area contributed by atoms with Crippen LogP contribution in [0.3, 0.4) is 0 Å². The van der Waals surface area contributed by atoms with Crippen LogP contribution < -0.4 is 10.1 Å². The van der Waals surface area contributed by atoms with Gasteiger partial charge in [-0.2, -0.15) is 5.10 Å². The predicted molar refractivity (Wildman–Crippen MR) is 85.8 cm³/mol. The number of hydrogen-bond acceptors (Lipinski definition) is 3. The van der Waals surface area contributed by atoms with Crippen molar-refractivity contribution in [2.45, 2.75) is 39.3 Å². The van der Waals surface area contributed by atoms with Crippen molar-refractivity contribution in [2.24, 2.45) is 0 Å². The SMILES string of the molecule is CCc1cc(CC(COc2ccccc2)NC)n(CC)n1. The van der Waals surface area contributed by atoms with Crippen LogP contribution in [0.2, 0.25) is 0 Å². The number of aryl methyl sites for hydroxylation is 2. The molecule has 1 atom stereocenters. The minimum atomic E-state index is 0.275. The Balaban J connectivity index is 1.97. The van der Waals surface area contributed by atoms with Gasteiger partial charge in [0.1, 0.15) is 12.4 Å². The number of benzene rings is 1. The van der Waals surface area contributed by atoms with E-state index in [0.717, 1.165) is 30.8 Å². The molecule has 0 radical (unpaired) electrons. The van der Waals surface area contributed by atoms with Gasteiger partial charge in [-0.3, -0.25) is 4.68 Å². The Morgan fingerprint density at radius 3 is 2.62 bits per heavy atom. The lowest BCUT2D eigenvalue weighted by Gasteiger charge is -2.17. The lowest BCUT2D eigenvalue weighted by atomic mass is 10.1. The third-order valence-corrected chi connectivity index (χ3v) is 3.63. The van der Waals surface area contributed by atoms with E-state index in [0.29, 0.717) is 6.61 Å². The quantitative estimate of drug-likeness (QED) is 0.811. The van der Waals surface area contributed by atoms with Crippen LogP contribution in [0, 0.1) is 0 Å². The Labute approximate surface area is 127 Å². The zero-order valence-corrected chi connectivity index (χ0v) is 13.2. The molecular weight excluding hydrogens is 262 g/mol. The van der Waals surface area contributed by atoms with Crippen LogP contribution in [0.4, 0.5) is 0 Å². The maximum atomic E-state index is 5.85. The van der Waals surface area contributed by atoms with Gasteiger partial charge in [0.05, 0.1) is 5.69 Å². The average Bonchev–Trinajstić information content (AvgIpc) is 2.94. The van der Waals surface area contributed by atoms with E-state index in [1.807, 2.05) is 37.4 Å². The first-order valence-electron chi connectivity index (χ1n) is 7.67. The highest BCUT2D eigenvalue weighted by Gasteiger charge is 2.13. The summed E-state index contributed by atoms with van der Waals surface area (Å²) in [5, 5.41) is 7.93. The second-order valence-electron chi connectivity index (χ2n) is 5.11. The molecule has 2 aromatic rings. The number of rotatable bonds is 8. The standard InChI is InChI=1S/C17H25N3O/c1-4-14-11-16(20(5-2)19-14)12-15(18-3)13-21-17-9-7-6-8-10-17/h6-11,15,18H,4-5,12-13H2,1-3H3. The van der Waals surface area contributed by atoms with Gasteiger partial charge in [-0.1, -0.05) is 25.1 Å². The van der Waals surface area contributed by atoms with Crippen LogP contribution in [-0.4, -0.2) is 29.5 Å². The van der Waals surface area contributed by atoms with Crippen molar-refractivity contribution < 1.29 is 4.74 Å². The fraction of sp³-hybridized carbons (Fsp3) is 0.471. The molecule has 4 heteroatoms. The van der Waals surface area contributed by atoms with E-state index in [9.17, 15) is 0 Å². The normalized spacial score (nSPS) is 12.3. The summed E-state index contributed by atoms with van der Waals surface area (Å²) >= 11 is 0. The summed E-state index contributed by atoms with van der Waals surface area (Å²) in [6.07, 6.45) is 1.90. The molecular formula is C17H25N3O. The molecule has 0 aliphatic carbocycles. The smallest absolute Gasteiger partial charge is 0.119 e. The van der Waals surface area contributed by atoms with Gasteiger partial charge in [0.25, 0.3) is 0 Å². The second-order valence-corrected chi connectivity index (χ2v) is 5.11. The van der Waals surface area contributed by atoms with Crippen LogP contribution in [0.1, 0.15) is 25.2 Å². The van der Waals surface area contributed by atoms with Crippen molar-refractivity contribution in [1.29, 1.82) is 0 Å². The molecule has 0 spiro atoms. The largest absolute Gasteiger partial charge is 0.492 e. The molecule has 1 N–H and O–H groups in total. The summed E-state index contributed by atoms with van der Waals surface area (Å²) in [7, 11) is 1.98. The summed E-state index contributed by atoms with van der Waals surface area (Å²) in [5.41, 5.74) is 2.43. The molecule has 0 amide bonds. The first kappa shape index (κ1) is 15.6. The van der Waals surface area contributed by atoms with Gasteiger partial charge in [0.2, 0.25) is 0 Å². The summed E-state index contributed by atoms with van der Waals surface area (Å²) in [6, 6.07) is 12.4. The molecule has 1 aromatic heterocycles. The maximum absolute atomic E-state index is 5.85. The number of ether oxygens (including phenoxy) is 1. The summed E-state index contributed by atoms with van der Waals surface area (Å²) < 4.78 is 7.93. The fourth-order valence-corrected chi connectivity index (χ4v) is 2.34. The number of nitrogens with one attached hydrogen (secondary N) is 1. The number of para-hydroxylation sites is 1. The van der Waals surface area contributed by atoms with Crippen LogP contribution in [-0.2, 0) is 19.4 Å². The lowest BCUT2D eigenvalue weighted by molar-refractivity contribution is 0.267. The lowest BCUT2D eigenvalue weighted by Crippen LogP contribution is -2.34. The van der Waals surface area contributed by atoms with Crippen molar-refractivity contribution in [1.82, 2.24) is 15.1 Å². The van der Waals surface area contributed by atoms with E-state index < -0.39 is 0 Å². The number of likely N-dealkylation sites (N-methyl/N-ethyl adjacent to an activating group) is 1. The highest BCUT2D eigenvalue weighted by molar-refractivity contribution is 5.21. The minimum Gasteiger partial charge on any atom is -0.492 e. The minimum absolute atomic E-state index is 0.275. The van der Waals surface area contributed by atoms with E-state index in [1.165, 1.54) is 5.69 Å². The molecule has 0 saturated heterocycles. The van der Waals surface area contributed by atoms with Crippen molar-refractivity contribution in [3.05, 3.63) is 47.8 Å². The Hall–Kier alpha value is -1.81. The van der Waals surface area contributed by atoms with E-state index >= 15 is 0 Å². The van der Waals surface area contributed by atoms with Crippen molar-refractivity contribution in [2.75, 3.05) is 13.7 Å². The van der Waals surface area contributed by atoms with Gasteiger partial charge in [-0.25, -0.2) is 0 Å². The summed E-state index contributed by atoms with van der Waals surface area (Å²) in [6.45, 7) is 5.83. The Kier molecular flexibility index (Phi) is 5.81. The van der Waals surface area contributed by atoms with Gasteiger partial charge in [-0.15, -0.1) is 0 Å². The molecule has 0 saturated carbocycles. The number of hydrogen-bond donors (Lipinski definition) is 1. The molecule has 1 aromatic carbocycles. The van der Waals surface area contributed by atoms with E-state index in [4.69, 9.17) is 4.74 Å². The van der Waals surface area contributed by atoms with Crippen LogP contribution in [0.25, 0.3) is 0 Å². The number of aromatic nitrogens is 2. The molecule has 4 nitrogen and oxygen atoms in total. The topological polar surface area (TPSA) is 39.1 Å². The molecule has 0 aliphatic rings. The summed E-state index contributed by atoms with van der Waals surface area (Å²) in [4.78, 5) is 0. The first-order valence-corrected chi connectivity index (χ1v) is 7.67. The molecule has 1 heterocycles. The van der Waals surface area contributed by atoms with Crippen LogP contribution >= 0.6 is 0 Å². The highest BCUT2D eigenvalue weighted by Crippen LogP contribution is 2.12. The molecule has 2 rings (SSSR count). The van der Waals surface area contributed by atoms with Gasteiger partial charge in [-0.05, 0) is 38.6 Å². The van der Waals surface area contributed by atoms with Crippen LogP contribution in [0.5, 0.6) is 5.75 Å². The third-order valence-electron chi connectivity index (χ3n) is 3.63. The predicted octanol–water partition coefficient (Wildman–Crippen LogP) is 2.67. The van der Waals surface area contributed by atoms with E-state index in [2.05, 4.69) is 35.0 Å². The van der Waals surface area contributed by atoms with Crippen molar-refractivity contribution in [3.8, 4) is 5.75 Å². The van der Waals surface area contributed by atoms with Gasteiger partial charge in [0, 0.05) is 24.7 Å². The monoisotopic (exact) mass is 287 g/mol. The van der Waals surface area contributed by atoms with E-state index in [1.54, 1.807) is 0 Å². The van der Waals surface area contributed by atoms with Crippen molar-refractivity contribution >= 4 is 0 Å². The third kappa shape index (κ3) is 4.33. The zero-order valence-electron chi connectivity index (χ0n) is 13.2. The molecule has 0 aliphatic heterocycles. The Morgan fingerprint density at radius 2 is 2.00 bits per heavy atom. The van der Waals surface area contributed by atoms with Crippen LogP contribution in [0.15, 0.2) is 36.4 Å². The molecule has 114 valence electrons. The maximum Gasteiger partial charge on any atom is 0.119 e. The first-order chi connectivity index (χ1) is 10.3. The van der Waals surface area contributed by atoms with Gasteiger partial charge >= 0.3 is 0 Å². The molecule has 0 bridgehead atoms. The molecule has 1 unspecified atom stereocenters.